The van der Waals surface area contributed by atoms with Gasteiger partial charge in [0, 0.05) is 6.05 Å². The molecule has 0 radical (unpaired) electrons. The van der Waals surface area contributed by atoms with Crippen molar-refractivity contribution in [2.45, 2.75) is 6.10 Å². The van der Waals surface area contributed by atoms with Crippen molar-refractivity contribution in [3.8, 4) is 0 Å². The van der Waals surface area contributed by atoms with Crippen LogP contribution in [0.4, 0.5) is 0 Å². The second kappa shape index (κ2) is 5.19. The largest absolute Gasteiger partial charge is 0.466 e. The van der Waals surface area contributed by atoms with Crippen molar-refractivity contribution in [2.75, 3.05) is 7.11 Å². The zero-order chi connectivity index (χ0) is 11.3. The van der Waals surface area contributed by atoms with E-state index in [1.165, 1.54) is 7.11 Å². The molecule has 1 aromatic rings. The maximum Gasteiger partial charge on any atom is 0.330 e. The summed E-state index contributed by atoms with van der Waals surface area (Å²) >= 11 is 0. The first-order chi connectivity index (χ1) is 7.15. The van der Waals surface area contributed by atoms with Gasteiger partial charge in [0.15, 0.2) is 0 Å². The number of aliphatic hydroxyl groups is 1. The molecule has 0 fully saturated rings. The van der Waals surface area contributed by atoms with Crippen LogP contribution in [0.5, 0.6) is 0 Å². The summed E-state index contributed by atoms with van der Waals surface area (Å²) in [5, 5.41) is 9.63. The van der Waals surface area contributed by atoms with E-state index in [-0.39, 0.29) is 6.05 Å². The van der Waals surface area contributed by atoms with E-state index in [2.05, 4.69) is 4.74 Å². The minimum absolute atomic E-state index is 0.353. The Morgan fingerprint density at radius 1 is 1.57 bits per heavy atom. The summed E-state index contributed by atoms with van der Waals surface area (Å²) in [4.78, 5) is 10.9. The van der Waals surface area contributed by atoms with Gasteiger partial charge in [0.25, 0.3) is 0 Å². The minimum atomic E-state index is -0.960. The molecule has 0 spiro atoms. The van der Waals surface area contributed by atoms with Crippen LogP contribution in [0.25, 0.3) is 0 Å². The first kappa shape index (κ1) is 8.97. The third-order valence-corrected chi connectivity index (χ3v) is 1.69. The van der Waals surface area contributed by atoms with Crippen molar-refractivity contribution in [1.29, 1.82) is 0 Å². The van der Waals surface area contributed by atoms with E-state index in [0.29, 0.717) is 5.56 Å². The Morgan fingerprint density at radius 3 is 2.79 bits per heavy atom. The molecular formula is C11H12O3. The average molecular weight is 193 g/mol. The van der Waals surface area contributed by atoms with Crippen LogP contribution in [0.15, 0.2) is 42.5 Å². The highest BCUT2D eigenvalue weighted by Crippen LogP contribution is 2.12. The van der Waals surface area contributed by atoms with Gasteiger partial charge in [0.05, 0.1) is 14.6 Å². The topological polar surface area (TPSA) is 46.5 Å². The first-order valence-corrected chi connectivity index (χ1v) is 4.15. The number of methoxy groups -OCH3 is 1. The number of carbonyl (C=O) groups is 1. The molecule has 3 heteroatoms. The van der Waals surface area contributed by atoms with Crippen molar-refractivity contribution in [1.82, 2.24) is 0 Å². The first-order valence-electron chi connectivity index (χ1n) is 4.65. The molecule has 1 aromatic carbocycles. The van der Waals surface area contributed by atoms with E-state index >= 15 is 0 Å². The molecule has 0 amide bonds. The molecule has 14 heavy (non-hydrogen) atoms. The zero-order valence-electron chi connectivity index (χ0n) is 8.81. The molecule has 0 saturated heterocycles. The molecular weight excluding hydrogens is 180 g/mol. The van der Waals surface area contributed by atoms with Gasteiger partial charge < -0.3 is 9.84 Å². The highest BCUT2D eigenvalue weighted by molar-refractivity contribution is 5.81. The van der Waals surface area contributed by atoms with Gasteiger partial charge in [0.1, 0.15) is 0 Å². The number of esters is 1. The van der Waals surface area contributed by atoms with Gasteiger partial charge >= 0.3 is 5.97 Å². The third kappa shape index (κ3) is 3.03. The van der Waals surface area contributed by atoms with Gasteiger partial charge in [-0.05, 0) is 11.6 Å². The summed E-state index contributed by atoms with van der Waals surface area (Å²) in [5.74, 6) is -0.759. The molecule has 1 unspecified atom stereocenters. The lowest BCUT2D eigenvalue weighted by Crippen LogP contribution is -1.97. The molecule has 0 aliphatic carbocycles. The van der Waals surface area contributed by atoms with Crippen LogP contribution in [0.2, 0.25) is 0 Å². The highest BCUT2D eigenvalue weighted by Gasteiger charge is 2.02. The molecule has 1 N–H and O–H groups in total. The summed E-state index contributed by atoms with van der Waals surface area (Å²) < 4.78 is 11.6. The number of aliphatic hydroxyl groups excluding tert-OH is 1. The van der Waals surface area contributed by atoms with E-state index in [4.69, 9.17) is 1.37 Å². The molecule has 1 rings (SSSR count). The Labute approximate surface area is 84.0 Å². The van der Waals surface area contributed by atoms with Crippen LogP contribution >= 0.6 is 0 Å². The zero-order valence-corrected chi connectivity index (χ0v) is 7.81. The van der Waals surface area contributed by atoms with Crippen molar-refractivity contribution in [2.24, 2.45) is 0 Å². The normalized spacial score (nSPS) is 14.4. The molecule has 3 nitrogen and oxygen atoms in total. The lowest BCUT2D eigenvalue weighted by atomic mass is 10.1. The van der Waals surface area contributed by atoms with Crippen LogP contribution in [0, 0.1) is 0 Å². The second-order valence-electron chi connectivity index (χ2n) is 2.66. The van der Waals surface area contributed by atoms with Crippen molar-refractivity contribution in [3.05, 3.63) is 48.0 Å². The highest BCUT2D eigenvalue weighted by atomic mass is 16.5. The lowest BCUT2D eigenvalue weighted by molar-refractivity contribution is -0.134. The molecule has 0 bridgehead atoms. The minimum Gasteiger partial charge on any atom is -0.466 e. The number of hydrogen-bond acceptors (Lipinski definition) is 3. The van der Waals surface area contributed by atoms with Crippen molar-refractivity contribution in [3.63, 3.8) is 0 Å². The molecule has 0 aliphatic rings. The van der Waals surface area contributed by atoms with Gasteiger partial charge in [-0.2, -0.15) is 0 Å². The predicted octanol–water partition coefficient (Wildman–Crippen LogP) is 1.45. The fourth-order valence-corrected chi connectivity index (χ4v) is 0.952. The third-order valence-electron chi connectivity index (χ3n) is 1.69. The summed E-state index contributed by atoms with van der Waals surface area (Å²) in [6, 6.07) is 8.44. The second-order valence-corrected chi connectivity index (χ2v) is 2.66. The van der Waals surface area contributed by atoms with E-state index < -0.39 is 12.1 Å². The Bertz CT molecular complexity index is 359. The number of rotatable bonds is 3. The Balaban J connectivity index is 2.79. The van der Waals surface area contributed by atoms with Gasteiger partial charge in [-0.3, -0.25) is 0 Å². The summed E-state index contributed by atoms with van der Waals surface area (Å²) in [6.45, 7) is 0. The molecule has 0 saturated carbocycles. The standard InChI is InChI=1S/C11H12O3/c1-14-11(13)8-7-10(12)9-5-3-2-4-6-9/h2-8,10,12H,1H3/b8-7+/i8D. The average Bonchev–Trinajstić information content (AvgIpc) is 2.29. The number of hydrogen-bond donors (Lipinski definition) is 1. The number of benzene rings is 1. The Morgan fingerprint density at radius 2 is 2.21 bits per heavy atom. The lowest BCUT2D eigenvalue weighted by Gasteiger charge is -2.04. The van der Waals surface area contributed by atoms with E-state index in [0.717, 1.165) is 6.08 Å². The molecule has 74 valence electrons. The van der Waals surface area contributed by atoms with Gasteiger partial charge in [-0.1, -0.05) is 30.3 Å². The van der Waals surface area contributed by atoms with Crippen molar-refractivity contribution < 1.29 is 16.0 Å². The maximum atomic E-state index is 10.9. The smallest absolute Gasteiger partial charge is 0.330 e. The molecule has 0 aliphatic heterocycles. The Hall–Kier alpha value is -1.61. The SMILES string of the molecule is [2H]/C(=C\C(O)c1ccccc1)C(=O)OC. The quantitative estimate of drug-likeness (QED) is 0.583. The van der Waals surface area contributed by atoms with E-state index in [9.17, 15) is 9.90 Å². The van der Waals surface area contributed by atoms with Gasteiger partial charge in [-0.15, -0.1) is 0 Å². The monoisotopic (exact) mass is 193 g/mol. The van der Waals surface area contributed by atoms with Gasteiger partial charge in [0.2, 0.25) is 0 Å². The summed E-state index contributed by atoms with van der Waals surface area (Å²) in [7, 11) is 1.19. The summed E-state index contributed by atoms with van der Waals surface area (Å²) in [6.07, 6.45) is 0.180. The Kier molecular flexibility index (Phi) is 3.32. The van der Waals surface area contributed by atoms with E-state index in [1.807, 2.05) is 6.07 Å². The fraction of sp³-hybridized carbons (Fsp3) is 0.182. The molecule has 1 atom stereocenters. The van der Waals surface area contributed by atoms with Crippen LogP contribution in [0.1, 0.15) is 13.0 Å². The molecule has 0 aromatic heterocycles. The predicted molar refractivity (Wildman–Crippen MR) is 52.6 cm³/mol. The molecule has 0 heterocycles. The van der Waals surface area contributed by atoms with Crippen LogP contribution in [-0.2, 0) is 9.53 Å². The van der Waals surface area contributed by atoms with Gasteiger partial charge in [-0.25, -0.2) is 4.79 Å². The number of carbonyl (C=O) groups excluding carboxylic acids is 1. The number of ether oxygens (including phenoxy) is 1. The van der Waals surface area contributed by atoms with E-state index in [1.54, 1.807) is 24.3 Å². The maximum absolute atomic E-state index is 10.9. The van der Waals surface area contributed by atoms with Crippen LogP contribution < -0.4 is 0 Å². The fourth-order valence-electron chi connectivity index (χ4n) is 0.952. The van der Waals surface area contributed by atoms with Crippen LogP contribution in [0.3, 0.4) is 0 Å². The van der Waals surface area contributed by atoms with Crippen molar-refractivity contribution >= 4 is 5.97 Å². The summed E-state index contributed by atoms with van der Waals surface area (Å²) in [5.41, 5.74) is 0.631. The van der Waals surface area contributed by atoms with Crippen LogP contribution in [-0.4, -0.2) is 18.2 Å².